The Labute approximate surface area is 117 Å². The van der Waals surface area contributed by atoms with E-state index in [1.54, 1.807) is 12.4 Å². The van der Waals surface area contributed by atoms with Gasteiger partial charge in [-0.25, -0.2) is 0 Å². The summed E-state index contributed by atoms with van der Waals surface area (Å²) in [4.78, 5) is 8.56. The minimum atomic E-state index is -0.755. The van der Waals surface area contributed by atoms with Crippen molar-refractivity contribution in [1.29, 1.82) is 0 Å². The van der Waals surface area contributed by atoms with Crippen LogP contribution in [0, 0.1) is 0 Å². The maximum Gasteiger partial charge on any atom is 0.114 e. The van der Waals surface area contributed by atoms with Crippen molar-refractivity contribution < 1.29 is 9.84 Å². The molecule has 0 aromatic carbocycles. The molecule has 1 aliphatic heterocycles. The molecular formula is C14H18N4O2. The number of ether oxygens (including phenoxy) is 1. The monoisotopic (exact) mass is 274 g/mol. The first-order chi connectivity index (χ1) is 9.68. The number of nitrogens with zero attached hydrogens (tertiary/aromatic N) is 2. The molecule has 6 nitrogen and oxygen atoms in total. The second-order valence-corrected chi connectivity index (χ2v) is 5.15. The number of aromatic nitrogens is 2. The van der Waals surface area contributed by atoms with E-state index in [9.17, 15) is 5.11 Å². The smallest absolute Gasteiger partial charge is 0.114 e. The van der Waals surface area contributed by atoms with Gasteiger partial charge in [-0.2, -0.15) is 0 Å². The number of rotatable bonds is 3. The maximum atomic E-state index is 10.5. The highest BCUT2D eigenvalue weighted by molar-refractivity contribution is 5.93. The predicted octanol–water partition coefficient (Wildman–Crippen LogP) is 1.17. The van der Waals surface area contributed by atoms with Crippen LogP contribution in [-0.4, -0.2) is 40.4 Å². The molecule has 0 unspecified atom stereocenters. The topological polar surface area (TPSA) is 93.3 Å². The van der Waals surface area contributed by atoms with Gasteiger partial charge in [0.1, 0.15) is 5.52 Å². The quantitative estimate of drug-likeness (QED) is 0.778. The molecule has 1 aliphatic rings. The van der Waals surface area contributed by atoms with Gasteiger partial charge in [0.25, 0.3) is 0 Å². The van der Waals surface area contributed by atoms with Crippen molar-refractivity contribution in [3.8, 4) is 0 Å². The van der Waals surface area contributed by atoms with Gasteiger partial charge in [0, 0.05) is 38.8 Å². The molecule has 2 aromatic rings. The number of hydrogen-bond donors (Lipinski definition) is 3. The summed E-state index contributed by atoms with van der Waals surface area (Å²) >= 11 is 0. The minimum absolute atomic E-state index is 0.427. The number of pyridine rings is 2. The van der Waals surface area contributed by atoms with E-state index in [2.05, 4.69) is 15.3 Å². The highest BCUT2D eigenvalue weighted by atomic mass is 16.5. The van der Waals surface area contributed by atoms with Gasteiger partial charge in [-0.3, -0.25) is 9.97 Å². The fourth-order valence-corrected chi connectivity index (χ4v) is 2.40. The number of hydrogen-bond acceptors (Lipinski definition) is 6. The van der Waals surface area contributed by atoms with Crippen molar-refractivity contribution >= 4 is 22.4 Å². The molecule has 0 bridgehead atoms. The third kappa shape index (κ3) is 2.52. The lowest BCUT2D eigenvalue weighted by atomic mass is 9.94. The molecule has 0 spiro atoms. The molecule has 0 atom stereocenters. The number of fused-ring (bicyclic) bond motifs is 1. The van der Waals surface area contributed by atoms with E-state index in [4.69, 9.17) is 10.5 Å². The van der Waals surface area contributed by atoms with Crippen LogP contribution in [0.3, 0.4) is 0 Å². The van der Waals surface area contributed by atoms with Crippen LogP contribution >= 0.6 is 0 Å². The first kappa shape index (κ1) is 13.1. The molecule has 1 fully saturated rings. The first-order valence-corrected chi connectivity index (χ1v) is 6.71. The molecular weight excluding hydrogens is 256 g/mol. The molecule has 0 saturated carbocycles. The normalized spacial score (nSPS) is 18.1. The van der Waals surface area contributed by atoms with Crippen LogP contribution in [0.25, 0.3) is 11.0 Å². The van der Waals surface area contributed by atoms with Crippen LogP contribution in [0.4, 0.5) is 11.4 Å². The number of aliphatic hydroxyl groups is 1. The molecule has 2 aromatic heterocycles. The summed E-state index contributed by atoms with van der Waals surface area (Å²) in [7, 11) is 0. The third-order valence-electron chi connectivity index (χ3n) is 3.67. The van der Waals surface area contributed by atoms with Gasteiger partial charge in [-0.05, 0) is 12.1 Å². The number of anilines is 2. The molecule has 20 heavy (non-hydrogen) atoms. The SMILES string of the molecule is Nc1cnc2cccnc2c1NCC1(O)CCOCC1. The number of nitrogens with one attached hydrogen (secondary N) is 1. The van der Waals surface area contributed by atoms with E-state index < -0.39 is 5.60 Å². The van der Waals surface area contributed by atoms with E-state index in [1.807, 2.05) is 12.1 Å². The van der Waals surface area contributed by atoms with Crippen LogP contribution in [-0.2, 0) is 4.74 Å². The van der Waals surface area contributed by atoms with Crippen LogP contribution in [0.1, 0.15) is 12.8 Å². The Morgan fingerprint density at radius 2 is 2.15 bits per heavy atom. The van der Waals surface area contributed by atoms with Crippen LogP contribution < -0.4 is 11.1 Å². The molecule has 1 saturated heterocycles. The summed E-state index contributed by atoms with van der Waals surface area (Å²) in [6.45, 7) is 1.60. The number of nitrogen functional groups attached to an aromatic ring is 1. The van der Waals surface area contributed by atoms with E-state index in [-0.39, 0.29) is 0 Å². The molecule has 3 rings (SSSR count). The molecule has 106 valence electrons. The van der Waals surface area contributed by atoms with Crippen molar-refractivity contribution in [2.24, 2.45) is 0 Å². The maximum absolute atomic E-state index is 10.5. The minimum Gasteiger partial charge on any atom is -0.396 e. The zero-order valence-corrected chi connectivity index (χ0v) is 11.2. The molecule has 0 radical (unpaired) electrons. The second-order valence-electron chi connectivity index (χ2n) is 5.15. The lowest BCUT2D eigenvalue weighted by Gasteiger charge is -2.32. The van der Waals surface area contributed by atoms with Crippen molar-refractivity contribution in [3.63, 3.8) is 0 Å². The van der Waals surface area contributed by atoms with Gasteiger partial charge in [-0.1, -0.05) is 0 Å². The Morgan fingerprint density at radius 1 is 1.35 bits per heavy atom. The lowest BCUT2D eigenvalue weighted by molar-refractivity contribution is -0.0543. The summed E-state index contributed by atoms with van der Waals surface area (Å²) in [5, 5.41) is 13.7. The largest absolute Gasteiger partial charge is 0.396 e. The number of nitrogens with two attached hydrogens (primary N) is 1. The molecule has 0 amide bonds. The van der Waals surface area contributed by atoms with Crippen LogP contribution in [0.2, 0.25) is 0 Å². The Morgan fingerprint density at radius 3 is 2.95 bits per heavy atom. The molecule has 3 heterocycles. The Kier molecular flexibility index (Phi) is 3.42. The van der Waals surface area contributed by atoms with E-state index in [0.29, 0.717) is 38.3 Å². The average molecular weight is 274 g/mol. The molecule has 6 heteroatoms. The average Bonchev–Trinajstić information content (AvgIpc) is 2.47. The summed E-state index contributed by atoms with van der Waals surface area (Å²) < 4.78 is 5.28. The van der Waals surface area contributed by atoms with Gasteiger partial charge in [0.05, 0.1) is 28.7 Å². The Bertz CT molecular complexity index is 611. The zero-order chi connectivity index (χ0) is 14.0. The fraction of sp³-hybridized carbons (Fsp3) is 0.429. The van der Waals surface area contributed by atoms with Crippen molar-refractivity contribution in [2.75, 3.05) is 30.8 Å². The Balaban J connectivity index is 1.85. The standard InChI is InChI=1S/C14H18N4O2/c15-10-8-17-11-2-1-5-16-13(11)12(10)18-9-14(19)3-6-20-7-4-14/h1-2,5,8,19H,3-4,6-7,9,15H2,(H,17,18). The molecule has 4 N–H and O–H groups in total. The third-order valence-corrected chi connectivity index (χ3v) is 3.67. The van der Waals surface area contributed by atoms with E-state index in [0.717, 1.165) is 16.7 Å². The van der Waals surface area contributed by atoms with E-state index in [1.165, 1.54) is 0 Å². The van der Waals surface area contributed by atoms with Gasteiger partial charge in [0.15, 0.2) is 0 Å². The second kappa shape index (κ2) is 5.22. The van der Waals surface area contributed by atoms with Crippen LogP contribution in [0.15, 0.2) is 24.5 Å². The predicted molar refractivity (Wildman–Crippen MR) is 77.4 cm³/mol. The Hall–Kier alpha value is -1.92. The van der Waals surface area contributed by atoms with Gasteiger partial charge < -0.3 is 20.9 Å². The summed E-state index contributed by atoms with van der Waals surface area (Å²) in [5.74, 6) is 0. The molecule has 0 aliphatic carbocycles. The highest BCUT2D eigenvalue weighted by Crippen LogP contribution is 2.28. The van der Waals surface area contributed by atoms with Gasteiger partial charge >= 0.3 is 0 Å². The van der Waals surface area contributed by atoms with Gasteiger partial charge in [-0.15, -0.1) is 0 Å². The summed E-state index contributed by atoms with van der Waals surface area (Å²) in [5.41, 5.74) is 7.99. The van der Waals surface area contributed by atoms with E-state index >= 15 is 0 Å². The zero-order valence-electron chi connectivity index (χ0n) is 11.2. The van der Waals surface area contributed by atoms with Crippen molar-refractivity contribution in [2.45, 2.75) is 18.4 Å². The fourth-order valence-electron chi connectivity index (χ4n) is 2.40. The van der Waals surface area contributed by atoms with Gasteiger partial charge in [0.2, 0.25) is 0 Å². The highest BCUT2D eigenvalue weighted by Gasteiger charge is 2.29. The van der Waals surface area contributed by atoms with Crippen molar-refractivity contribution in [3.05, 3.63) is 24.5 Å². The van der Waals surface area contributed by atoms with Crippen molar-refractivity contribution in [1.82, 2.24) is 9.97 Å². The summed E-state index contributed by atoms with van der Waals surface area (Å²) in [6, 6.07) is 3.72. The first-order valence-electron chi connectivity index (χ1n) is 6.71. The van der Waals surface area contributed by atoms with Crippen LogP contribution in [0.5, 0.6) is 0 Å². The summed E-state index contributed by atoms with van der Waals surface area (Å²) in [6.07, 6.45) is 4.56. The lowest BCUT2D eigenvalue weighted by Crippen LogP contribution is -2.42.